The van der Waals surface area contributed by atoms with Crippen molar-refractivity contribution < 1.29 is 17.9 Å². The van der Waals surface area contributed by atoms with E-state index in [9.17, 15) is 13.2 Å². The topological polar surface area (TPSA) is 66.9 Å². The standard InChI is InChI=1S/C21H26N2O4S/c1-16-4-9-20(17(2)14-16)28(25,26)23-12-10-22(11-13-23)15-18-5-7-19(8-6-18)21(24)27-3/h4-9,14H,10-13,15H2,1-3H3. The highest BCUT2D eigenvalue weighted by molar-refractivity contribution is 7.89. The van der Waals surface area contributed by atoms with Crippen LogP contribution in [0.4, 0.5) is 0 Å². The Kier molecular flexibility index (Phi) is 6.17. The summed E-state index contributed by atoms with van der Waals surface area (Å²) in [6, 6.07) is 12.8. The second kappa shape index (κ2) is 8.43. The van der Waals surface area contributed by atoms with Gasteiger partial charge in [-0.2, -0.15) is 4.31 Å². The van der Waals surface area contributed by atoms with Crippen molar-refractivity contribution in [3.8, 4) is 0 Å². The van der Waals surface area contributed by atoms with Gasteiger partial charge < -0.3 is 4.74 Å². The number of sulfonamides is 1. The molecule has 1 aliphatic rings. The molecule has 1 fully saturated rings. The number of aryl methyl sites for hydroxylation is 2. The quantitative estimate of drug-likeness (QED) is 0.719. The molecule has 7 heteroatoms. The summed E-state index contributed by atoms with van der Waals surface area (Å²) in [5.41, 5.74) is 3.45. The molecule has 6 nitrogen and oxygen atoms in total. The van der Waals surface area contributed by atoms with Crippen LogP contribution in [0.15, 0.2) is 47.4 Å². The molecule has 2 aromatic carbocycles. The summed E-state index contributed by atoms with van der Waals surface area (Å²) in [5.74, 6) is -0.350. The molecule has 0 aromatic heterocycles. The highest BCUT2D eigenvalue weighted by atomic mass is 32.2. The van der Waals surface area contributed by atoms with E-state index in [1.165, 1.54) is 7.11 Å². The van der Waals surface area contributed by atoms with Gasteiger partial charge >= 0.3 is 5.97 Å². The van der Waals surface area contributed by atoms with Crippen LogP contribution in [0.2, 0.25) is 0 Å². The lowest BCUT2D eigenvalue weighted by atomic mass is 10.1. The molecule has 0 unspecified atom stereocenters. The first-order valence-electron chi connectivity index (χ1n) is 9.28. The first kappa shape index (κ1) is 20.5. The minimum Gasteiger partial charge on any atom is -0.465 e. The summed E-state index contributed by atoms with van der Waals surface area (Å²) in [6.07, 6.45) is 0. The molecule has 0 radical (unpaired) electrons. The van der Waals surface area contributed by atoms with Crippen LogP contribution in [0.1, 0.15) is 27.0 Å². The SMILES string of the molecule is COC(=O)c1ccc(CN2CCN(S(=O)(=O)c3ccc(C)cc3C)CC2)cc1. The molecule has 0 bridgehead atoms. The summed E-state index contributed by atoms with van der Waals surface area (Å²) in [4.78, 5) is 14.1. The maximum Gasteiger partial charge on any atom is 0.337 e. The van der Waals surface area contributed by atoms with Gasteiger partial charge in [-0.05, 0) is 43.2 Å². The predicted octanol–water partition coefficient (Wildman–Crippen LogP) is 2.60. The van der Waals surface area contributed by atoms with Crippen LogP contribution in [-0.2, 0) is 21.3 Å². The monoisotopic (exact) mass is 402 g/mol. The Balaban J connectivity index is 1.62. The van der Waals surface area contributed by atoms with E-state index in [2.05, 4.69) is 4.90 Å². The minimum absolute atomic E-state index is 0.350. The Morgan fingerprint density at radius 1 is 1.00 bits per heavy atom. The molecule has 0 saturated carbocycles. The Hall–Kier alpha value is -2.22. The molecule has 28 heavy (non-hydrogen) atoms. The van der Waals surface area contributed by atoms with Crippen LogP contribution in [0.5, 0.6) is 0 Å². The van der Waals surface area contributed by atoms with Crippen molar-refractivity contribution in [2.75, 3.05) is 33.3 Å². The molecule has 0 amide bonds. The second-order valence-electron chi connectivity index (χ2n) is 7.14. The molecule has 2 aromatic rings. The van der Waals surface area contributed by atoms with E-state index in [1.807, 2.05) is 38.1 Å². The van der Waals surface area contributed by atoms with Gasteiger partial charge in [0.25, 0.3) is 0 Å². The number of hydrogen-bond acceptors (Lipinski definition) is 5. The fraction of sp³-hybridized carbons (Fsp3) is 0.381. The van der Waals surface area contributed by atoms with E-state index < -0.39 is 10.0 Å². The number of ether oxygens (including phenoxy) is 1. The van der Waals surface area contributed by atoms with Gasteiger partial charge in [-0.3, -0.25) is 4.90 Å². The molecule has 0 atom stereocenters. The predicted molar refractivity (Wildman–Crippen MR) is 108 cm³/mol. The molecule has 150 valence electrons. The third kappa shape index (κ3) is 4.43. The highest BCUT2D eigenvalue weighted by Crippen LogP contribution is 2.22. The van der Waals surface area contributed by atoms with Gasteiger partial charge in [0.1, 0.15) is 0 Å². The van der Waals surface area contributed by atoms with Crippen LogP contribution < -0.4 is 0 Å². The molecular weight excluding hydrogens is 376 g/mol. The summed E-state index contributed by atoms with van der Waals surface area (Å²) >= 11 is 0. The molecular formula is C21H26N2O4S. The van der Waals surface area contributed by atoms with Gasteiger partial charge in [0.15, 0.2) is 0 Å². The number of esters is 1. The maximum absolute atomic E-state index is 13.0. The van der Waals surface area contributed by atoms with Crippen LogP contribution in [-0.4, -0.2) is 56.9 Å². The van der Waals surface area contributed by atoms with Crippen molar-refractivity contribution in [3.63, 3.8) is 0 Å². The number of piperazine rings is 1. The van der Waals surface area contributed by atoms with Crippen molar-refractivity contribution in [3.05, 3.63) is 64.7 Å². The number of carbonyl (C=O) groups excluding carboxylic acids is 1. The maximum atomic E-state index is 13.0. The molecule has 0 N–H and O–H groups in total. The largest absolute Gasteiger partial charge is 0.465 e. The zero-order valence-electron chi connectivity index (χ0n) is 16.5. The molecule has 1 aliphatic heterocycles. The summed E-state index contributed by atoms with van der Waals surface area (Å²) in [7, 11) is -2.11. The van der Waals surface area contributed by atoms with Crippen molar-refractivity contribution in [2.45, 2.75) is 25.3 Å². The van der Waals surface area contributed by atoms with Crippen molar-refractivity contribution in [2.24, 2.45) is 0 Å². The fourth-order valence-electron chi connectivity index (χ4n) is 3.48. The third-order valence-corrected chi connectivity index (χ3v) is 7.12. The zero-order chi connectivity index (χ0) is 20.3. The van der Waals surface area contributed by atoms with E-state index in [1.54, 1.807) is 22.5 Å². The molecule has 1 saturated heterocycles. The lowest BCUT2D eigenvalue weighted by Gasteiger charge is -2.34. The van der Waals surface area contributed by atoms with Gasteiger partial charge in [0.05, 0.1) is 17.6 Å². The van der Waals surface area contributed by atoms with Gasteiger partial charge in [-0.1, -0.05) is 29.8 Å². The van der Waals surface area contributed by atoms with Gasteiger partial charge in [-0.25, -0.2) is 13.2 Å². The van der Waals surface area contributed by atoms with Crippen molar-refractivity contribution in [1.82, 2.24) is 9.21 Å². The Bertz CT molecular complexity index is 947. The minimum atomic E-state index is -3.47. The Morgan fingerprint density at radius 3 is 2.21 bits per heavy atom. The Morgan fingerprint density at radius 2 is 1.64 bits per heavy atom. The average molecular weight is 403 g/mol. The van der Waals surface area contributed by atoms with E-state index in [-0.39, 0.29) is 5.97 Å². The lowest BCUT2D eigenvalue weighted by molar-refractivity contribution is 0.0600. The van der Waals surface area contributed by atoms with Gasteiger partial charge in [0.2, 0.25) is 10.0 Å². The number of hydrogen-bond donors (Lipinski definition) is 0. The van der Waals surface area contributed by atoms with E-state index in [0.717, 1.165) is 23.2 Å². The lowest BCUT2D eigenvalue weighted by Crippen LogP contribution is -2.48. The van der Waals surface area contributed by atoms with Crippen LogP contribution >= 0.6 is 0 Å². The molecule has 0 spiro atoms. The van der Waals surface area contributed by atoms with Gasteiger partial charge in [0, 0.05) is 32.7 Å². The van der Waals surface area contributed by atoms with E-state index in [0.29, 0.717) is 36.6 Å². The van der Waals surface area contributed by atoms with E-state index in [4.69, 9.17) is 4.74 Å². The van der Waals surface area contributed by atoms with Gasteiger partial charge in [-0.15, -0.1) is 0 Å². The van der Waals surface area contributed by atoms with Crippen LogP contribution in [0.25, 0.3) is 0 Å². The molecule has 1 heterocycles. The number of methoxy groups -OCH3 is 1. The number of nitrogens with zero attached hydrogens (tertiary/aromatic N) is 2. The summed E-state index contributed by atoms with van der Waals surface area (Å²) in [5, 5.41) is 0. The molecule has 3 rings (SSSR count). The first-order valence-corrected chi connectivity index (χ1v) is 10.7. The smallest absolute Gasteiger partial charge is 0.337 e. The summed E-state index contributed by atoms with van der Waals surface area (Å²) in [6.45, 7) is 6.80. The van der Waals surface area contributed by atoms with Crippen LogP contribution in [0, 0.1) is 13.8 Å². The van der Waals surface area contributed by atoms with E-state index >= 15 is 0 Å². The zero-order valence-corrected chi connectivity index (χ0v) is 17.3. The Labute approximate surface area is 166 Å². The van der Waals surface area contributed by atoms with Crippen molar-refractivity contribution >= 4 is 16.0 Å². The number of rotatable bonds is 5. The fourth-order valence-corrected chi connectivity index (χ4v) is 5.11. The number of carbonyl (C=O) groups is 1. The summed E-state index contributed by atoms with van der Waals surface area (Å²) < 4.78 is 32.2. The number of benzene rings is 2. The normalized spacial score (nSPS) is 16.1. The van der Waals surface area contributed by atoms with Crippen molar-refractivity contribution in [1.29, 1.82) is 0 Å². The second-order valence-corrected chi connectivity index (χ2v) is 9.04. The third-order valence-electron chi connectivity index (χ3n) is 5.06. The highest BCUT2D eigenvalue weighted by Gasteiger charge is 2.29. The molecule has 0 aliphatic carbocycles. The first-order chi connectivity index (χ1) is 13.3. The average Bonchev–Trinajstić information content (AvgIpc) is 2.68. The van der Waals surface area contributed by atoms with Crippen LogP contribution in [0.3, 0.4) is 0 Å².